The number of piperazine rings is 1. The van der Waals surface area contributed by atoms with Crippen LogP contribution >= 0.6 is 0 Å². The van der Waals surface area contributed by atoms with Gasteiger partial charge in [-0.25, -0.2) is 0 Å². The molecule has 0 unspecified atom stereocenters. The van der Waals surface area contributed by atoms with Crippen molar-refractivity contribution in [3.63, 3.8) is 0 Å². The smallest absolute Gasteiger partial charge is 0.177 e. The van der Waals surface area contributed by atoms with Crippen molar-refractivity contribution in [2.24, 2.45) is 0 Å². The van der Waals surface area contributed by atoms with Crippen LogP contribution in [0.2, 0.25) is 0 Å². The molecule has 1 aromatic rings. The first-order valence-electron chi connectivity index (χ1n) is 7.68. The van der Waals surface area contributed by atoms with Crippen LogP contribution in [-0.4, -0.2) is 66.6 Å². The van der Waals surface area contributed by atoms with Crippen LogP contribution in [0.3, 0.4) is 0 Å². The zero-order valence-electron chi connectivity index (χ0n) is 13.4. The molecule has 0 aliphatic carbocycles. The minimum atomic E-state index is 0.209. The highest BCUT2D eigenvalue weighted by molar-refractivity contribution is 6.00. The number of hydrogen-bond acceptors (Lipinski definition) is 4. The normalized spacial score (nSPS) is 17.1. The Bertz CT molecular complexity index is 483. The van der Waals surface area contributed by atoms with Gasteiger partial charge in [-0.05, 0) is 31.9 Å². The van der Waals surface area contributed by atoms with E-state index in [4.69, 9.17) is 5.11 Å². The van der Waals surface area contributed by atoms with Gasteiger partial charge in [0.2, 0.25) is 0 Å². The molecular formula is C17H26N2O2. The number of β-amino-alcohol motifs (C(OH)–C–C–N with tert-alkyl or cyclic N) is 1. The first kappa shape index (κ1) is 16.1. The van der Waals surface area contributed by atoms with E-state index in [-0.39, 0.29) is 12.4 Å². The third-order valence-corrected chi connectivity index (χ3v) is 4.20. The van der Waals surface area contributed by atoms with Gasteiger partial charge in [-0.3, -0.25) is 14.6 Å². The minimum absolute atomic E-state index is 0.209. The lowest BCUT2D eigenvalue weighted by molar-refractivity contribution is 0.0821. The van der Waals surface area contributed by atoms with Gasteiger partial charge in [-0.2, -0.15) is 0 Å². The molecule has 1 aliphatic heterocycles. The maximum absolute atomic E-state index is 12.6. The minimum Gasteiger partial charge on any atom is -0.395 e. The Labute approximate surface area is 127 Å². The zero-order chi connectivity index (χ0) is 15.4. The number of ketones is 1. The van der Waals surface area contributed by atoms with E-state index < -0.39 is 0 Å². The second-order valence-electron chi connectivity index (χ2n) is 6.04. The van der Waals surface area contributed by atoms with Gasteiger partial charge < -0.3 is 5.11 Å². The number of rotatable bonds is 5. The third-order valence-electron chi connectivity index (χ3n) is 4.20. The van der Waals surface area contributed by atoms with Gasteiger partial charge >= 0.3 is 0 Å². The molecule has 0 amide bonds. The lowest BCUT2D eigenvalue weighted by Crippen LogP contribution is -2.48. The summed E-state index contributed by atoms with van der Waals surface area (Å²) >= 11 is 0. The molecule has 0 aromatic heterocycles. The SMILES string of the molecule is Cc1cc(C)c(C(=O)CN2CCN(CCO)CC2)c(C)c1. The molecular weight excluding hydrogens is 264 g/mol. The molecule has 4 heteroatoms. The van der Waals surface area contributed by atoms with Gasteiger partial charge in [0.15, 0.2) is 5.78 Å². The maximum atomic E-state index is 12.6. The number of carbonyl (C=O) groups is 1. The van der Waals surface area contributed by atoms with E-state index in [1.807, 2.05) is 13.8 Å². The average Bonchev–Trinajstić information content (AvgIpc) is 2.40. The molecule has 0 spiro atoms. The number of benzene rings is 1. The predicted octanol–water partition coefficient (Wildman–Crippen LogP) is 1.40. The molecule has 116 valence electrons. The van der Waals surface area contributed by atoms with E-state index in [0.717, 1.165) is 49.4 Å². The van der Waals surface area contributed by atoms with Crippen LogP contribution in [0, 0.1) is 20.8 Å². The molecule has 1 fully saturated rings. The Kier molecular flexibility index (Phi) is 5.51. The summed E-state index contributed by atoms with van der Waals surface area (Å²) in [5, 5.41) is 8.95. The van der Waals surface area contributed by atoms with Crippen molar-refractivity contribution >= 4 is 5.78 Å². The summed E-state index contributed by atoms with van der Waals surface area (Å²) in [5.74, 6) is 0.223. The second-order valence-corrected chi connectivity index (χ2v) is 6.04. The molecule has 0 radical (unpaired) electrons. The molecule has 0 saturated carbocycles. The molecule has 1 N–H and O–H groups in total. The van der Waals surface area contributed by atoms with E-state index in [9.17, 15) is 4.79 Å². The highest BCUT2D eigenvalue weighted by atomic mass is 16.3. The van der Waals surface area contributed by atoms with Crippen LogP contribution in [0.25, 0.3) is 0 Å². The van der Waals surface area contributed by atoms with E-state index >= 15 is 0 Å². The van der Waals surface area contributed by atoms with Crippen molar-refractivity contribution < 1.29 is 9.90 Å². The lowest BCUT2D eigenvalue weighted by Gasteiger charge is -2.34. The monoisotopic (exact) mass is 290 g/mol. The van der Waals surface area contributed by atoms with E-state index in [1.165, 1.54) is 5.56 Å². The number of carbonyl (C=O) groups excluding carboxylic acids is 1. The highest BCUT2D eigenvalue weighted by Gasteiger charge is 2.20. The molecule has 1 saturated heterocycles. The van der Waals surface area contributed by atoms with Crippen molar-refractivity contribution in [1.82, 2.24) is 9.80 Å². The van der Waals surface area contributed by atoms with E-state index in [0.29, 0.717) is 6.54 Å². The fraction of sp³-hybridized carbons (Fsp3) is 0.588. The summed E-state index contributed by atoms with van der Waals surface area (Å²) in [7, 11) is 0. The maximum Gasteiger partial charge on any atom is 0.177 e. The summed E-state index contributed by atoms with van der Waals surface area (Å²) in [4.78, 5) is 17.0. The molecule has 0 bridgehead atoms. The standard InChI is InChI=1S/C17H26N2O2/c1-13-10-14(2)17(15(3)11-13)16(21)12-19-6-4-18(5-7-19)8-9-20/h10-11,20H,4-9,12H2,1-3H3. The predicted molar refractivity (Wildman–Crippen MR) is 84.9 cm³/mol. The number of aliphatic hydroxyl groups excluding tert-OH is 1. The second kappa shape index (κ2) is 7.16. The summed E-state index contributed by atoms with van der Waals surface area (Å²) in [6.45, 7) is 11.2. The summed E-state index contributed by atoms with van der Waals surface area (Å²) < 4.78 is 0. The molecule has 4 nitrogen and oxygen atoms in total. The Hall–Kier alpha value is -1.23. The van der Waals surface area contributed by atoms with Crippen LogP contribution in [0.1, 0.15) is 27.0 Å². The average molecular weight is 290 g/mol. The van der Waals surface area contributed by atoms with Gasteiger partial charge in [0, 0.05) is 38.3 Å². The third kappa shape index (κ3) is 4.13. The summed E-state index contributed by atoms with van der Waals surface area (Å²) in [6.07, 6.45) is 0. The summed E-state index contributed by atoms with van der Waals surface area (Å²) in [6, 6.07) is 4.17. The lowest BCUT2D eigenvalue weighted by atomic mass is 9.96. The highest BCUT2D eigenvalue weighted by Crippen LogP contribution is 2.17. The molecule has 2 rings (SSSR count). The molecule has 21 heavy (non-hydrogen) atoms. The Morgan fingerprint density at radius 2 is 1.57 bits per heavy atom. The van der Waals surface area contributed by atoms with Crippen molar-refractivity contribution in [2.75, 3.05) is 45.9 Å². The van der Waals surface area contributed by atoms with Gasteiger partial charge in [-0.1, -0.05) is 17.7 Å². The zero-order valence-corrected chi connectivity index (χ0v) is 13.4. The van der Waals surface area contributed by atoms with Crippen LogP contribution in [-0.2, 0) is 0 Å². The number of Topliss-reactive ketones (excluding diaryl/α,β-unsaturated/α-hetero) is 1. The Balaban J connectivity index is 1.97. The van der Waals surface area contributed by atoms with Crippen molar-refractivity contribution in [2.45, 2.75) is 20.8 Å². The molecule has 1 aliphatic rings. The number of aliphatic hydroxyl groups is 1. The van der Waals surface area contributed by atoms with Gasteiger partial charge in [-0.15, -0.1) is 0 Å². The largest absolute Gasteiger partial charge is 0.395 e. The first-order valence-corrected chi connectivity index (χ1v) is 7.68. The summed E-state index contributed by atoms with van der Waals surface area (Å²) in [5.41, 5.74) is 4.25. The van der Waals surface area contributed by atoms with Gasteiger partial charge in [0.05, 0.1) is 13.2 Å². The number of hydrogen-bond donors (Lipinski definition) is 1. The van der Waals surface area contributed by atoms with Crippen molar-refractivity contribution in [3.8, 4) is 0 Å². The fourth-order valence-corrected chi connectivity index (χ4v) is 3.21. The quantitative estimate of drug-likeness (QED) is 0.833. The van der Waals surface area contributed by atoms with Crippen LogP contribution in [0.5, 0.6) is 0 Å². The molecule has 1 heterocycles. The van der Waals surface area contributed by atoms with E-state index in [2.05, 4.69) is 28.9 Å². The van der Waals surface area contributed by atoms with E-state index in [1.54, 1.807) is 0 Å². The van der Waals surface area contributed by atoms with Gasteiger partial charge in [0.25, 0.3) is 0 Å². The van der Waals surface area contributed by atoms with Gasteiger partial charge in [0.1, 0.15) is 0 Å². The first-order chi connectivity index (χ1) is 10.0. The van der Waals surface area contributed by atoms with Crippen molar-refractivity contribution in [3.05, 3.63) is 34.4 Å². The topological polar surface area (TPSA) is 43.8 Å². The molecule has 1 aromatic carbocycles. The fourth-order valence-electron chi connectivity index (χ4n) is 3.21. The van der Waals surface area contributed by atoms with Crippen LogP contribution in [0.15, 0.2) is 12.1 Å². The Morgan fingerprint density at radius 3 is 2.10 bits per heavy atom. The van der Waals surface area contributed by atoms with Crippen molar-refractivity contribution in [1.29, 1.82) is 0 Å². The number of nitrogens with zero attached hydrogens (tertiary/aromatic N) is 2. The molecule has 0 atom stereocenters. The van der Waals surface area contributed by atoms with Crippen LogP contribution in [0.4, 0.5) is 0 Å². The number of aryl methyl sites for hydroxylation is 3. The Morgan fingerprint density at radius 1 is 1.05 bits per heavy atom. The van der Waals surface area contributed by atoms with Crippen LogP contribution < -0.4 is 0 Å².